The number of alkyl halides is 2. The minimum Gasteiger partial charge on any atom is -0.465 e. The molecule has 1 rings (SSSR count). The maximum absolute atomic E-state index is 12.8. The van der Waals surface area contributed by atoms with Gasteiger partial charge in [-0.3, -0.25) is 0 Å². The second kappa shape index (κ2) is 5.13. The number of rotatable bonds is 3. The Balaban J connectivity index is 3.65. The molecule has 0 radical (unpaired) electrons. The largest absolute Gasteiger partial charge is 0.465 e. The average molecular weight is 257 g/mol. The SMILES string of the molecule is COC(=O)c1cnc([N+](=O)[O-])c(C#N)c1C(F)F. The Morgan fingerprint density at radius 3 is 2.67 bits per heavy atom. The molecule has 1 aromatic heterocycles. The number of nitrogens with zero attached hydrogens (tertiary/aromatic N) is 3. The van der Waals surface area contributed by atoms with Crippen LogP contribution in [0.5, 0.6) is 0 Å². The second-order valence-electron chi connectivity index (χ2n) is 2.95. The Bertz CT molecular complexity index is 553. The molecule has 0 aromatic carbocycles. The zero-order valence-corrected chi connectivity index (χ0v) is 8.89. The molecule has 0 spiro atoms. The zero-order valence-electron chi connectivity index (χ0n) is 8.89. The third-order valence-electron chi connectivity index (χ3n) is 2.01. The van der Waals surface area contributed by atoms with Crippen LogP contribution in [0.2, 0.25) is 0 Å². The van der Waals surface area contributed by atoms with Gasteiger partial charge in [-0.15, -0.1) is 0 Å². The molecule has 0 amide bonds. The van der Waals surface area contributed by atoms with E-state index in [4.69, 9.17) is 5.26 Å². The van der Waals surface area contributed by atoms with Crippen LogP contribution >= 0.6 is 0 Å². The highest BCUT2D eigenvalue weighted by Crippen LogP contribution is 2.31. The Labute approximate surface area is 98.8 Å². The maximum atomic E-state index is 12.8. The van der Waals surface area contributed by atoms with Crippen molar-refractivity contribution < 1.29 is 23.2 Å². The summed E-state index contributed by atoms with van der Waals surface area (Å²) in [5.74, 6) is -2.18. The van der Waals surface area contributed by atoms with Crippen molar-refractivity contribution in [2.24, 2.45) is 0 Å². The first-order chi connectivity index (χ1) is 8.43. The van der Waals surface area contributed by atoms with Crippen LogP contribution in [0.3, 0.4) is 0 Å². The minimum atomic E-state index is -3.24. The molecule has 1 aromatic rings. The summed E-state index contributed by atoms with van der Waals surface area (Å²) in [7, 11) is 0.949. The van der Waals surface area contributed by atoms with Gasteiger partial charge in [0.1, 0.15) is 11.6 Å². The summed E-state index contributed by atoms with van der Waals surface area (Å²) >= 11 is 0. The minimum absolute atomic E-state index is 0.590. The maximum Gasteiger partial charge on any atom is 0.381 e. The van der Waals surface area contributed by atoms with E-state index in [9.17, 15) is 23.7 Å². The molecule has 1 heterocycles. The van der Waals surface area contributed by atoms with Crippen molar-refractivity contribution in [1.82, 2.24) is 4.98 Å². The van der Waals surface area contributed by atoms with Crippen molar-refractivity contribution in [3.63, 3.8) is 0 Å². The summed E-state index contributed by atoms with van der Waals surface area (Å²) in [6.45, 7) is 0. The van der Waals surface area contributed by atoms with E-state index in [0.717, 1.165) is 7.11 Å². The predicted octanol–water partition coefficient (Wildman–Crippen LogP) is 1.59. The van der Waals surface area contributed by atoms with Gasteiger partial charge in [0.15, 0.2) is 11.8 Å². The third-order valence-corrected chi connectivity index (χ3v) is 2.01. The standard InChI is InChI=1S/C9H5F2N3O4/c1-18-9(15)5-3-13-8(14(16)17)4(2-12)6(5)7(10)11/h3,7H,1H3. The normalized spacial score (nSPS) is 9.94. The Morgan fingerprint density at radius 2 is 2.28 bits per heavy atom. The molecule has 0 saturated heterocycles. The van der Waals surface area contributed by atoms with Gasteiger partial charge in [-0.2, -0.15) is 5.26 Å². The number of carbonyl (C=O) groups excluding carboxylic acids is 1. The highest BCUT2D eigenvalue weighted by Gasteiger charge is 2.31. The molecule has 9 heteroatoms. The zero-order chi connectivity index (χ0) is 13.9. The van der Waals surface area contributed by atoms with Gasteiger partial charge in [0, 0.05) is 0 Å². The molecule has 0 unspecified atom stereocenters. The number of hydrogen-bond donors (Lipinski definition) is 0. The number of methoxy groups -OCH3 is 1. The summed E-state index contributed by atoms with van der Waals surface area (Å²) < 4.78 is 29.8. The number of nitriles is 1. The monoisotopic (exact) mass is 257 g/mol. The fraction of sp³-hybridized carbons (Fsp3) is 0.222. The van der Waals surface area contributed by atoms with E-state index in [2.05, 4.69) is 9.72 Å². The molecule has 7 nitrogen and oxygen atoms in total. The first-order valence-corrected chi connectivity index (χ1v) is 4.37. The van der Waals surface area contributed by atoms with Crippen molar-refractivity contribution in [2.75, 3.05) is 7.11 Å². The molecular formula is C9H5F2N3O4. The molecule has 0 aliphatic rings. The lowest BCUT2D eigenvalue weighted by molar-refractivity contribution is -0.389. The van der Waals surface area contributed by atoms with Crippen molar-refractivity contribution >= 4 is 11.8 Å². The number of pyridine rings is 1. The molecular weight excluding hydrogens is 252 g/mol. The third kappa shape index (κ3) is 2.22. The second-order valence-corrected chi connectivity index (χ2v) is 2.95. The molecule has 0 fully saturated rings. The lowest BCUT2D eigenvalue weighted by Crippen LogP contribution is -2.11. The van der Waals surface area contributed by atoms with Gasteiger partial charge in [-0.25, -0.2) is 13.6 Å². The van der Waals surface area contributed by atoms with Crippen LogP contribution in [0.15, 0.2) is 6.20 Å². The van der Waals surface area contributed by atoms with Gasteiger partial charge >= 0.3 is 11.8 Å². The number of carbonyl (C=O) groups is 1. The van der Waals surface area contributed by atoms with Crippen LogP contribution in [-0.2, 0) is 4.74 Å². The van der Waals surface area contributed by atoms with Crippen molar-refractivity contribution in [3.8, 4) is 6.07 Å². The van der Waals surface area contributed by atoms with Crippen molar-refractivity contribution in [2.45, 2.75) is 6.43 Å². The van der Waals surface area contributed by atoms with Gasteiger partial charge in [0.25, 0.3) is 6.43 Å². The lowest BCUT2D eigenvalue weighted by atomic mass is 10.0. The molecule has 18 heavy (non-hydrogen) atoms. The Hall–Kier alpha value is -2.63. The molecule has 0 aliphatic heterocycles. The van der Waals surface area contributed by atoms with Gasteiger partial charge in [0.05, 0.1) is 12.7 Å². The number of halogens is 2. The topological polar surface area (TPSA) is 106 Å². The fourth-order valence-corrected chi connectivity index (χ4v) is 1.26. The highest BCUT2D eigenvalue weighted by atomic mass is 19.3. The molecule has 0 saturated carbocycles. The summed E-state index contributed by atoms with van der Waals surface area (Å²) in [6.07, 6.45) is -2.65. The Morgan fingerprint density at radius 1 is 1.67 bits per heavy atom. The van der Waals surface area contributed by atoms with E-state index in [1.54, 1.807) is 0 Å². The summed E-state index contributed by atoms with van der Waals surface area (Å²) in [5.41, 5.74) is -2.67. The quantitative estimate of drug-likeness (QED) is 0.462. The van der Waals surface area contributed by atoms with Crippen LogP contribution in [0.1, 0.15) is 27.9 Å². The van der Waals surface area contributed by atoms with Crippen LogP contribution < -0.4 is 0 Å². The van der Waals surface area contributed by atoms with Crippen LogP contribution in [0, 0.1) is 21.4 Å². The Kier molecular flexibility index (Phi) is 3.83. The van der Waals surface area contributed by atoms with Gasteiger partial charge in [0.2, 0.25) is 0 Å². The van der Waals surface area contributed by atoms with Crippen LogP contribution in [0.4, 0.5) is 14.6 Å². The number of aromatic nitrogens is 1. The van der Waals surface area contributed by atoms with Crippen molar-refractivity contribution in [1.29, 1.82) is 5.26 Å². The van der Waals surface area contributed by atoms with E-state index >= 15 is 0 Å². The van der Waals surface area contributed by atoms with E-state index < -0.39 is 39.8 Å². The number of nitro groups is 1. The molecule has 0 atom stereocenters. The van der Waals surface area contributed by atoms with Crippen LogP contribution in [0.25, 0.3) is 0 Å². The summed E-state index contributed by atoms with van der Waals surface area (Å²) in [6, 6.07) is 1.25. The number of esters is 1. The average Bonchev–Trinajstić information content (AvgIpc) is 2.35. The van der Waals surface area contributed by atoms with E-state index in [0.29, 0.717) is 6.20 Å². The van der Waals surface area contributed by atoms with E-state index in [1.165, 1.54) is 6.07 Å². The first kappa shape index (κ1) is 13.4. The van der Waals surface area contributed by atoms with Crippen molar-refractivity contribution in [3.05, 3.63) is 33.0 Å². The van der Waals surface area contributed by atoms with E-state index in [-0.39, 0.29) is 0 Å². The first-order valence-electron chi connectivity index (χ1n) is 4.37. The molecule has 0 N–H and O–H groups in total. The summed E-state index contributed by atoms with van der Waals surface area (Å²) in [4.78, 5) is 23.9. The molecule has 94 valence electrons. The van der Waals surface area contributed by atoms with E-state index in [1.807, 2.05) is 0 Å². The van der Waals surface area contributed by atoms with Crippen LogP contribution in [-0.4, -0.2) is 23.0 Å². The predicted molar refractivity (Wildman–Crippen MR) is 51.9 cm³/mol. The number of ether oxygens (including phenoxy) is 1. The lowest BCUT2D eigenvalue weighted by Gasteiger charge is -2.07. The van der Waals surface area contributed by atoms with Gasteiger partial charge in [-0.1, -0.05) is 0 Å². The summed E-state index contributed by atoms with van der Waals surface area (Å²) in [5, 5.41) is 19.2. The van der Waals surface area contributed by atoms with Gasteiger partial charge in [-0.05, 0) is 9.91 Å². The smallest absolute Gasteiger partial charge is 0.381 e. The van der Waals surface area contributed by atoms with Gasteiger partial charge < -0.3 is 14.9 Å². The highest BCUT2D eigenvalue weighted by molar-refractivity contribution is 5.92. The molecule has 0 aliphatic carbocycles. The molecule has 0 bridgehead atoms. The number of hydrogen-bond acceptors (Lipinski definition) is 6. The fourth-order valence-electron chi connectivity index (χ4n) is 1.26.